The maximum Gasteiger partial charge on any atom is 0.354 e. The van der Waals surface area contributed by atoms with E-state index in [0.717, 1.165) is 12.0 Å². The maximum absolute atomic E-state index is 14.3. The Balaban J connectivity index is 2.18. The van der Waals surface area contributed by atoms with E-state index in [2.05, 4.69) is 13.3 Å². The molecule has 8 heteroatoms. The number of esters is 1. The summed E-state index contributed by atoms with van der Waals surface area (Å²) in [5.74, 6) is -1.54. The molecule has 0 amide bonds. The first kappa shape index (κ1) is 29.8. The second-order valence-electron chi connectivity index (χ2n) is 12.0. The maximum atomic E-state index is 14.3. The predicted octanol–water partition coefficient (Wildman–Crippen LogP) is 3.14. The molecule has 7 atom stereocenters. The number of nitrogens with two attached hydrogens (primary N) is 1. The lowest BCUT2D eigenvalue weighted by atomic mass is 9.52. The Bertz CT molecular complexity index is 1040. The largest absolute Gasteiger partial charge is 0.454 e. The lowest BCUT2D eigenvalue weighted by Gasteiger charge is -2.56. The molecule has 4 N–H and O–H groups in total. The third-order valence-electron chi connectivity index (χ3n) is 8.80. The van der Waals surface area contributed by atoms with Crippen LogP contribution in [-0.2, 0) is 14.3 Å². The number of carbonyl (C=O) groups is 2. The van der Waals surface area contributed by atoms with Crippen LogP contribution in [0.3, 0.4) is 0 Å². The Labute approximate surface area is 222 Å². The summed E-state index contributed by atoms with van der Waals surface area (Å²) in [4.78, 5) is 29.4. The number of rotatable bonds is 8. The number of likely N-dealkylation sites (N-methyl/N-ethyl adjacent to an activating group) is 1. The Morgan fingerprint density at radius 2 is 2.00 bits per heavy atom. The van der Waals surface area contributed by atoms with Gasteiger partial charge in [0.1, 0.15) is 23.1 Å². The lowest BCUT2D eigenvalue weighted by Crippen LogP contribution is -2.72. The summed E-state index contributed by atoms with van der Waals surface area (Å²) in [6.45, 7) is 11.9. The van der Waals surface area contributed by atoms with Crippen molar-refractivity contribution in [3.8, 4) is 0 Å². The van der Waals surface area contributed by atoms with E-state index in [1.807, 2.05) is 32.9 Å². The number of nitrogens with zero attached hydrogens (tertiary/aromatic N) is 1. The third-order valence-corrected chi connectivity index (χ3v) is 12.1. The molecule has 0 spiro atoms. The Morgan fingerprint density at radius 3 is 2.51 bits per heavy atom. The molecule has 3 aliphatic rings. The Morgan fingerprint density at radius 1 is 1.38 bits per heavy atom. The highest BCUT2D eigenvalue weighted by atomic mass is 31.2. The molecular formula is C29H46N2O5P+. The van der Waals surface area contributed by atoms with Crippen molar-refractivity contribution in [2.75, 3.05) is 40.2 Å². The molecule has 0 aromatic heterocycles. The van der Waals surface area contributed by atoms with E-state index >= 15 is 0 Å². The molecule has 0 saturated carbocycles. The van der Waals surface area contributed by atoms with E-state index in [0.29, 0.717) is 16.9 Å². The van der Waals surface area contributed by atoms with Crippen molar-refractivity contribution in [1.82, 2.24) is 4.90 Å². The van der Waals surface area contributed by atoms with Crippen LogP contribution in [0.25, 0.3) is 0 Å². The summed E-state index contributed by atoms with van der Waals surface area (Å²) in [5, 5.41) is 23.0. The van der Waals surface area contributed by atoms with Crippen LogP contribution in [0.2, 0.25) is 0 Å². The van der Waals surface area contributed by atoms with Gasteiger partial charge in [-0.15, -0.1) is 0 Å². The highest BCUT2D eigenvalue weighted by Gasteiger charge is 2.69. The monoisotopic (exact) mass is 533 g/mol. The van der Waals surface area contributed by atoms with E-state index in [9.17, 15) is 19.8 Å². The molecule has 0 aromatic rings. The average molecular weight is 534 g/mol. The topological polar surface area (TPSA) is 113 Å². The molecule has 1 heterocycles. The van der Waals surface area contributed by atoms with Crippen LogP contribution in [0.15, 0.2) is 47.2 Å². The van der Waals surface area contributed by atoms with Crippen molar-refractivity contribution < 1.29 is 24.5 Å². The van der Waals surface area contributed by atoms with Gasteiger partial charge in [0.15, 0.2) is 5.78 Å². The quantitative estimate of drug-likeness (QED) is 0.144. The number of aliphatic hydroxyl groups is 2. The van der Waals surface area contributed by atoms with Crippen molar-refractivity contribution in [3.63, 3.8) is 0 Å². The number of ketones is 1. The molecule has 0 bridgehead atoms. The zero-order chi connectivity index (χ0) is 27.9. The van der Waals surface area contributed by atoms with Gasteiger partial charge in [0.2, 0.25) is 0 Å². The molecule has 3 rings (SSSR count). The van der Waals surface area contributed by atoms with Gasteiger partial charge in [-0.25, -0.2) is 4.79 Å². The van der Waals surface area contributed by atoms with E-state index in [4.69, 9.17) is 10.5 Å². The fourth-order valence-corrected chi connectivity index (χ4v) is 9.46. The highest BCUT2D eigenvalue weighted by Crippen LogP contribution is 2.75. The number of allylic oxidation sites excluding steroid dienone is 4. The van der Waals surface area contributed by atoms with Crippen molar-refractivity contribution >= 4 is 19.0 Å². The SMILES string of the molecule is C/C=C/C=C(/C(=O)OC1CC(C)=CC2([C@H](C)C[C@@H]3C[P+]3(C)C)C(=O)C(C)C=C(CO)C(N)C12O)N(C)C. The van der Waals surface area contributed by atoms with Crippen LogP contribution in [-0.4, -0.2) is 90.5 Å². The van der Waals surface area contributed by atoms with Crippen LogP contribution in [0.4, 0.5) is 0 Å². The number of Topliss-reactive ketones (excluding diaryl/α,β-unsaturated/α-hetero) is 1. The minimum absolute atomic E-state index is 0.143. The van der Waals surface area contributed by atoms with Crippen LogP contribution in [0.5, 0.6) is 0 Å². The first-order valence-corrected chi connectivity index (χ1v) is 16.2. The minimum atomic E-state index is -1.92. The average Bonchev–Trinajstić information content (AvgIpc) is 3.43. The number of fused-ring (bicyclic) bond motifs is 1. The second-order valence-corrected chi connectivity index (χ2v) is 16.7. The molecular weight excluding hydrogens is 487 g/mol. The van der Waals surface area contributed by atoms with Gasteiger partial charge in [0.25, 0.3) is 0 Å². The summed E-state index contributed by atoms with van der Waals surface area (Å²) in [6.07, 6.45) is 9.95. The van der Waals surface area contributed by atoms with Crippen molar-refractivity contribution in [3.05, 3.63) is 47.2 Å². The zero-order valence-electron chi connectivity index (χ0n) is 23.7. The zero-order valence-corrected chi connectivity index (χ0v) is 24.6. The lowest BCUT2D eigenvalue weighted by molar-refractivity contribution is -0.199. The fraction of sp³-hybridized carbons (Fsp3) is 0.655. The standard InChI is InChI=1S/C29H46N2O5P/c1-9-10-11-23(31(5)6)27(34)36-24-12-18(2)15-28(20(4)14-22-17-37(22,7)8)26(33)19(3)13-21(16-32)25(30)29(24,28)35/h9-11,13,15,19-20,22,24-25,32,35H,12,14,16-17,30H2,1-8H3/q+1/b10-9+,23-11-/t19?,20-,22-,24?,25?,28?,29?/m1/s1. The molecule has 0 radical (unpaired) electrons. The number of ether oxygens (including phenoxy) is 1. The smallest absolute Gasteiger partial charge is 0.354 e. The van der Waals surface area contributed by atoms with Gasteiger partial charge in [-0.1, -0.05) is 43.7 Å². The normalized spacial score (nSPS) is 36.3. The van der Waals surface area contributed by atoms with Gasteiger partial charge in [-0.05, 0) is 37.8 Å². The molecule has 7 nitrogen and oxygen atoms in total. The van der Waals surface area contributed by atoms with Crippen molar-refractivity contribution in [1.29, 1.82) is 0 Å². The molecule has 1 saturated heterocycles. The number of carbonyl (C=O) groups excluding carboxylic acids is 2. The first-order chi connectivity index (χ1) is 17.2. The third kappa shape index (κ3) is 5.13. The molecule has 0 aromatic carbocycles. The summed E-state index contributed by atoms with van der Waals surface area (Å²) in [7, 11) is 2.50. The van der Waals surface area contributed by atoms with Crippen LogP contribution < -0.4 is 5.73 Å². The molecule has 1 fully saturated rings. The minimum Gasteiger partial charge on any atom is -0.454 e. The highest BCUT2D eigenvalue weighted by molar-refractivity contribution is 7.82. The van der Waals surface area contributed by atoms with Gasteiger partial charge in [-0.3, -0.25) is 4.79 Å². The van der Waals surface area contributed by atoms with Gasteiger partial charge in [-0.2, -0.15) is 0 Å². The van der Waals surface area contributed by atoms with Gasteiger partial charge >= 0.3 is 5.97 Å². The summed E-state index contributed by atoms with van der Waals surface area (Å²) >= 11 is 0. The fourth-order valence-electron chi connectivity index (χ4n) is 6.45. The number of hydrogen-bond donors (Lipinski definition) is 3. The Hall–Kier alpha value is -1.79. The molecule has 1 aliphatic heterocycles. The van der Waals surface area contributed by atoms with E-state index in [1.165, 1.54) is 6.16 Å². The van der Waals surface area contributed by atoms with Crippen LogP contribution >= 0.6 is 7.26 Å². The number of aliphatic hydroxyl groups excluding tert-OH is 1. The van der Waals surface area contributed by atoms with Gasteiger partial charge in [0.05, 0.1) is 24.2 Å². The first-order valence-electron chi connectivity index (χ1n) is 13.2. The van der Waals surface area contributed by atoms with Crippen LogP contribution in [0.1, 0.15) is 40.5 Å². The van der Waals surface area contributed by atoms with Gasteiger partial charge in [0, 0.05) is 47.0 Å². The predicted molar refractivity (Wildman–Crippen MR) is 151 cm³/mol. The van der Waals surface area contributed by atoms with Gasteiger partial charge < -0.3 is 25.6 Å². The molecule has 206 valence electrons. The summed E-state index contributed by atoms with van der Waals surface area (Å²) < 4.78 is 6.09. The van der Waals surface area contributed by atoms with E-state index in [1.54, 1.807) is 44.1 Å². The van der Waals surface area contributed by atoms with Crippen molar-refractivity contribution in [2.45, 2.75) is 63.9 Å². The van der Waals surface area contributed by atoms with Crippen molar-refractivity contribution in [2.24, 2.45) is 23.0 Å². The molecule has 5 unspecified atom stereocenters. The summed E-state index contributed by atoms with van der Waals surface area (Å²) in [5.41, 5.74) is 5.61. The summed E-state index contributed by atoms with van der Waals surface area (Å²) in [6, 6.07) is -1.08. The van der Waals surface area contributed by atoms with Crippen LogP contribution in [0, 0.1) is 17.3 Å². The van der Waals surface area contributed by atoms with E-state index in [-0.39, 0.29) is 24.7 Å². The number of hydrogen-bond acceptors (Lipinski definition) is 7. The molecule has 2 aliphatic carbocycles. The molecule has 37 heavy (non-hydrogen) atoms. The van der Waals surface area contributed by atoms with E-state index < -0.39 is 42.3 Å². The second kappa shape index (κ2) is 10.8. The Kier molecular flexibility index (Phi) is 8.66.